The normalized spacial score (nSPS) is 11.7. The Morgan fingerprint density at radius 1 is 1.00 bits per heavy atom. The Labute approximate surface area is 130 Å². The molecule has 22 heavy (non-hydrogen) atoms. The van der Waals surface area contributed by atoms with Gasteiger partial charge in [-0.2, -0.15) is 0 Å². The van der Waals surface area contributed by atoms with Gasteiger partial charge in [0.1, 0.15) is 6.61 Å². The fourth-order valence-corrected chi connectivity index (χ4v) is 2.13. The van der Waals surface area contributed by atoms with Crippen LogP contribution >= 0.6 is 0 Å². The molecule has 1 amide bonds. The number of aliphatic hydroxyl groups is 1. The van der Waals surface area contributed by atoms with Crippen LogP contribution in [0.4, 0.5) is 4.79 Å². The zero-order valence-electron chi connectivity index (χ0n) is 12.4. The van der Waals surface area contributed by atoms with Gasteiger partial charge in [-0.15, -0.1) is 0 Å². The summed E-state index contributed by atoms with van der Waals surface area (Å²) in [6.45, 7) is 0.122. The summed E-state index contributed by atoms with van der Waals surface area (Å²) in [6, 6.07) is 19.2. The maximum Gasteiger partial charge on any atom is 0.407 e. The van der Waals surface area contributed by atoms with E-state index < -0.39 is 6.09 Å². The van der Waals surface area contributed by atoms with E-state index in [1.165, 1.54) is 5.56 Å². The van der Waals surface area contributed by atoms with E-state index in [0.29, 0.717) is 6.42 Å². The molecule has 0 saturated heterocycles. The Morgan fingerprint density at radius 2 is 1.59 bits per heavy atom. The van der Waals surface area contributed by atoms with Crippen LogP contribution in [-0.4, -0.2) is 23.8 Å². The van der Waals surface area contributed by atoms with Gasteiger partial charge < -0.3 is 15.2 Å². The second-order valence-electron chi connectivity index (χ2n) is 5.11. The number of aryl methyl sites for hydroxylation is 1. The van der Waals surface area contributed by atoms with Crippen molar-refractivity contribution in [1.29, 1.82) is 0 Å². The molecule has 0 radical (unpaired) electrons. The minimum atomic E-state index is -0.504. The maximum atomic E-state index is 11.8. The molecule has 116 valence electrons. The van der Waals surface area contributed by atoms with Gasteiger partial charge in [-0.05, 0) is 24.0 Å². The molecule has 1 atom stereocenters. The molecule has 0 saturated carbocycles. The topological polar surface area (TPSA) is 58.6 Å². The number of alkyl carbamates (subject to hydrolysis) is 1. The van der Waals surface area contributed by atoms with Gasteiger partial charge in [0.25, 0.3) is 0 Å². The lowest BCUT2D eigenvalue weighted by Gasteiger charge is -2.16. The first-order valence-corrected chi connectivity index (χ1v) is 7.40. The van der Waals surface area contributed by atoms with E-state index in [-0.39, 0.29) is 19.3 Å². The van der Waals surface area contributed by atoms with Gasteiger partial charge in [0.05, 0.1) is 12.6 Å². The predicted octanol–water partition coefficient (Wildman–Crippen LogP) is 2.91. The summed E-state index contributed by atoms with van der Waals surface area (Å²) in [6.07, 6.45) is 0.961. The molecule has 0 aliphatic rings. The molecule has 0 aliphatic heterocycles. The lowest BCUT2D eigenvalue weighted by molar-refractivity contribution is 0.128. The van der Waals surface area contributed by atoms with Gasteiger partial charge in [-0.25, -0.2) is 4.79 Å². The SMILES string of the molecule is O=C(NC(CO)CCc1ccccc1)OCc1ccccc1. The minimum absolute atomic E-state index is 0.104. The van der Waals surface area contributed by atoms with Gasteiger partial charge in [0.15, 0.2) is 0 Å². The number of amides is 1. The predicted molar refractivity (Wildman–Crippen MR) is 85.4 cm³/mol. The first kappa shape index (κ1) is 16.0. The van der Waals surface area contributed by atoms with Crippen LogP contribution in [0.25, 0.3) is 0 Å². The molecule has 0 aromatic heterocycles. The third-order valence-corrected chi connectivity index (χ3v) is 3.38. The Morgan fingerprint density at radius 3 is 2.18 bits per heavy atom. The van der Waals surface area contributed by atoms with Gasteiger partial charge in [-0.3, -0.25) is 0 Å². The number of rotatable bonds is 7. The Hall–Kier alpha value is -2.33. The van der Waals surface area contributed by atoms with Crippen molar-refractivity contribution in [3.63, 3.8) is 0 Å². The fraction of sp³-hybridized carbons (Fsp3) is 0.278. The minimum Gasteiger partial charge on any atom is -0.445 e. The summed E-state index contributed by atoms with van der Waals surface area (Å²) in [5, 5.41) is 12.1. The number of aliphatic hydroxyl groups excluding tert-OH is 1. The summed E-state index contributed by atoms with van der Waals surface area (Å²) < 4.78 is 5.15. The summed E-state index contributed by atoms with van der Waals surface area (Å²) in [5.41, 5.74) is 2.11. The molecule has 2 N–H and O–H groups in total. The molecule has 0 bridgehead atoms. The summed E-state index contributed by atoms with van der Waals surface area (Å²) in [7, 11) is 0. The van der Waals surface area contributed by atoms with Gasteiger partial charge in [0.2, 0.25) is 0 Å². The molecule has 2 rings (SSSR count). The van der Waals surface area contributed by atoms with E-state index in [9.17, 15) is 9.90 Å². The molecule has 0 aliphatic carbocycles. The van der Waals surface area contributed by atoms with Gasteiger partial charge >= 0.3 is 6.09 Å². The number of carbonyl (C=O) groups excluding carboxylic acids is 1. The van der Waals surface area contributed by atoms with Crippen LogP contribution in [0.2, 0.25) is 0 Å². The van der Waals surface area contributed by atoms with Crippen LogP contribution < -0.4 is 5.32 Å². The second-order valence-corrected chi connectivity index (χ2v) is 5.11. The van der Waals surface area contributed by atoms with E-state index in [0.717, 1.165) is 12.0 Å². The van der Waals surface area contributed by atoms with E-state index in [1.807, 2.05) is 60.7 Å². The van der Waals surface area contributed by atoms with Crippen LogP contribution in [0.3, 0.4) is 0 Å². The van der Waals surface area contributed by atoms with Crippen molar-refractivity contribution in [2.24, 2.45) is 0 Å². The van der Waals surface area contributed by atoms with Gasteiger partial charge in [-0.1, -0.05) is 60.7 Å². The Kier molecular flexibility index (Phi) is 6.45. The number of carbonyl (C=O) groups is 1. The molecule has 2 aromatic rings. The highest BCUT2D eigenvalue weighted by Crippen LogP contribution is 2.06. The highest BCUT2D eigenvalue weighted by molar-refractivity contribution is 5.67. The Bertz CT molecular complexity index is 557. The molecule has 1 unspecified atom stereocenters. The number of hydrogen-bond donors (Lipinski definition) is 2. The van der Waals surface area contributed by atoms with Crippen LogP contribution in [0.1, 0.15) is 17.5 Å². The largest absolute Gasteiger partial charge is 0.445 e. The van der Waals surface area contributed by atoms with Crippen LogP contribution in [0.5, 0.6) is 0 Å². The van der Waals surface area contributed by atoms with Crippen LogP contribution in [-0.2, 0) is 17.8 Å². The Balaban J connectivity index is 1.73. The van der Waals surface area contributed by atoms with Crippen LogP contribution in [0, 0.1) is 0 Å². The zero-order valence-corrected chi connectivity index (χ0v) is 12.4. The molecule has 0 heterocycles. The number of nitrogens with one attached hydrogen (secondary N) is 1. The molecule has 4 nitrogen and oxygen atoms in total. The smallest absolute Gasteiger partial charge is 0.407 e. The molecular weight excluding hydrogens is 278 g/mol. The fourth-order valence-electron chi connectivity index (χ4n) is 2.13. The van der Waals surface area contributed by atoms with E-state index in [4.69, 9.17) is 4.74 Å². The quantitative estimate of drug-likeness (QED) is 0.826. The highest BCUT2D eigenvalue weighted by Gasteiger charge is 2.12. The third-order valence-electron chi connectivity index (χ3n) is 3.38. The highest BCUT2D eigenvalue weighted by atomic mass is 16.5. The average Bonchev–Trinajstić information content (AvgIpc) is 2.58. The monoisotopic (exact) mass is 299 g/mol. The zero-order chi connectivity index (χ0) is 15.6. The second kappa shape index (κ2) is 8.85. The summed E-state index contributed by atoms with van der Waals surface area (Å²) in [4.78, 5) is 11.8. The maximum absolute atomic E-state index is 11.8. The van der Waals surface area contributed by atoms with E-state index in [1.54, 1.807) is 0 Å². The van der Waals surface area contributed by atoms with E-state index in [2.05, 4.69) is 5.32 Å². The van der Waals surface area contributed by atoms with Gasteiger partial charge in [0, 0.05) is 0 Å². The summed E-state index contributed by atoms with van der Waals surface area (Å²) >= 11 is 0. The van der Waals surface area contributed by atoms with Crippen molar-refractivity contribution in [3.05, 3.63) is 71.8 Å². The van der Waals surface area contributed by atoms with Crippen molar-refractivity contribution in [1.82, 2.24) is 5.32 Å². The van der Waals surface area contributed by atoms with Crippen molar-refractivity contribution < 1.29 is 14.6 Å². The standard InChI is InChI=1S/C18H21NO3/c20-13-17(12-11-15-7-3-1-4-8-15)19-18(21)22-14-16-9-5-2-6-10-16/h1-10,17,20H,11-14H2,(H,19,21). The lowest BCUT2D eigenvalue weighted by Crippen LogP contribution is -2.38. The summed E-state index contributed by atoms with van der Waals surface area (Å²) in [5.74, 6) is 0. The number of benzene rings is 2. The molecule has 0 spiro atoms. The van der Waals surface area contributed by atoms with E-state index >= 15 is 0 Å². The van der Waals surface area contributed by atoms with Crippen LogP contribution in [0.15, 0.2) is 60.7 Å². The first-order chi connectivity index (χ1) is 10.8. The number of ether oxygens (including phenoxy) is 1. The van der Waals surface area contributed by atoms with Crippen molar-refractivity contribution in [3.8, 4) is 0 Å². The molecule has 4 heteroatoms. The van der Waals surface area contributed by atoms with Crippen molar-refractivity contribution in [2.45, 2.75) is 25.5 Å². The average molecular weight is 299 g/mol. The molecular formula is C18H21NO3. The molecule has 2 aromatic carbocycles. The first-order valence-electron chi connectivity index (χ1n) is 7.40. The lowest BCUT2D eigenvalue weighted by atomic mass is 10.1. The van der Waals surface area contributed by atoms with Crippen molar-refractivity contribution >= 4 is 6.09 Å². The van der Waals surface area contributed by atoms with Crippen molar-refractivity contribution in [2.75, 3.05) is 6.61 Å². The molecule has 0 fully saturated rings. The third kappa shape index (κ3) is 5.58. The number of hydrogen-bond acceptors (Lipinski definition) is 3.